The van der Waals surface area contributed by atoms with Gasteiger partial charge in [-0.15, -0.1) is 6.58 Å². The van der Waals surface area contributed by atoms with Crippen LogP contribution in [0.3, 0.4) is 0 Å². The Morgan fingerprint density at radius 3 is 2.40 bits per heavy atom. The molecule has 4 nitrogen and oxygen atoms in total. The maximum absolute atomic E-state index is 11.6. The third-order valence-electron chi connectivity index (χ3n) is 3.22. The molecule has 0 aliphatic heterocycles. The fourth-order valence-corrected chi connectivity index (χ4v) is 2.09. The van der Waals surface area contributed by atoms with Gasteiger partial charge in [-0.05, 0) is 25.3 Å². The topological polar surface area (TPSA) is 57.6 Å². The second kappa shape index (κ2) is 7.48. The predicted octanol–water partition coefficient (Wildman–Crippen LogP) is 2.42. The lowest BCUT2D eigenvalue weighted by Gasteiger charge is -2.26. The molecule has 0 spiro atoms. The number of carbonyl (C=O) groups is 2. The third-order valence-corrected chi connectivity index (χ3v) is 3.22. The largest absolute Gasteiger partial charge is 0.480 e. The van der Waals surface area contributed by atoms with E-state index in [0.29, 0.717) is 12.8 Å². The minimum atomic E-state index is -0.978. The van der Waals surface area contributed by atoms with Crippen LogP contribution in [-0.2, 0) is 16.0 Å². The molecule has 1 rings (SSSR count). The fraction of sp³-hybridized carbons (Fsp3) is 0.375. The highest BCUT2D eigenvalue weighted by Crippen LogP contribution is 2.12. The number of aryl methyl sites for hydroxylation is 2. The smallest absolute Gasteiger partial charge is 0.326 e. The minimum absolute atomic E-state index is 0.249. The number of rotatable bonds is 7. The van der Waals surface area contributed by atoms with Crippen molar-refractivity contribution >= 4 is 11.9 Å². The molecule has 1 atom stereocenters. The van der Waals surface area contributed by atoms with Crippen molar-refractivity contribution in [2.75, 3.05) is 6.54 Å². The van der Waals surface area contributed by atoms with Gasteiger partial charge >= 0.3 is 5.97 Å². The van der Waals surface area contributed by atoms with E-state index in [1.54, 1.807) is 6.08 Å². The molecule has 4 heteroatoms. The molecule has 0 aliphatic rings. The fourth-order valence-electron chi connectivity index (χ4n) is 2.09. The lowest BCUT2D eigenvalue weighted by molar-refractivity contribution is -0.149. The first kappa shape index (κ1) is 16.0. The first-order valence-corrected chi connectivity index (χ1v) is 6.62. The van der Waals surface area contributed by atoms with Crippen LogP contribution < -0.4 is 0 Å². The van der Waals surface area contributed by atoms with Crippen LogP contribution in [0.4, 0.5) is 0 Å². The zero-order chi connectivity index (χ0) is 15.1. The number of hydrogen-bond donors (Lipinski definition) is 1. The van der Waals surface area contributed by atoms with E-state index in [2.05, 4.69) is 6.58 Å². The Morgan fingerprint density at radius 1 is 1.35 bits per heavy atom. The van der Waals surface area contributed by atoms with Crippen LogP contribution in [-0.4, -0.2) is 34.5 Å². The third kappa shape index (κ3) is 4.53. The summed E-state index contributed by atoms with van der Waals surface area (Å²) in [6.07, 6.45) is 2.56. The average Bonchev–Trinajstić information content (AvgIpc) is 2.39. The standard InChI is InChI=1S/C16H21NO3/c1-4-11-17(13(3)18)15(16(19)20)10-9-14-7-5-12(2)6-8-14/h4-8,15H,1,9-11H2,2-3H3,(H,19,20). The van der Waals surface area contributed by atoms with Gasteiger partial charge in [0.25, 0.3) is 0 Å². The molecule has 0 aliphatic carbocycles. The van der Waals surface area contributed by atoms with E-state index in [1.807, 2.05) is 31.2 Å². The quantitative estimate of drug-likeness (QED) is 0.777. The minimum Gasteiger partial charge on any atom is -0.480 e. The van der Waals surface area contributed by atoms with Crippen LogP contribution in [0.1, 0.15) is 24.5 Å². The highest BCUT2D eigenvalue weighted by Gasteiger charge is 2.26. The molecule has 20 heavy (non-hydrogen) atoms. The molecule has 0 saturated carbocycles. The molecule has 0 fully saturated rings. The van der Waals surface area contributed by atoms with Gasteiger partial charge in [0.05, 0.1) is 0 Å². The number of nitrogens with zero attached hydrogens (tertiary/aromatic N) is 1. The number of carbonyl (C=O) groups excluding carboxylic acids is 1. The molecular formula is C16H21NO3. The Balaban J connectivity index is 2.76. The lowest BCUT2D eigenvalue weighted by Crippen LogP contribution is -2.44. The Bertz CT molecular complexity index is 479. The SMILES string of the molecule is C=CCN(C(C)=O)C(CCc1ccc(C)cc1)C(=O)O. The van der Waals surface area contributed by atoms with E-state index in [-0.39, 0.29) is 12.5 Å². The number of hydrogen-bond acceptors (Lipinski definition) is 2. The molecule has 0 radical (unpaired) electrons. The van der Waals surface area contributed by atoms with Gasteiger partial charge in [-0.25, -0.2) is 4.79 Å². The number of benzene rings is 1. The van der Waals surface area contributed by atoms with Crippen molar-refractivity contribution in [3.8, 4) is 0 Å². The molecule has 1 unspecified atom stereocenters. The molecule has 0 heterocycles. The van der Waals surface area contributed by atoms with Gasteiger partial charge in [0, 0.05) is 13.5 Å². The van der Waals surface area contributed by atoms with Gasteiger partial charge in [0.15, 0.2) is 0 Å². The highest BCUT2D eigenvalue weighted by atomic mass is 16.4. The van der Waals surface area contributed by atoms with E-state index in [0.717, 1.165) is 5.56 Å². The van der Waals surface area contributed by atoms with Crippen molar-refractivity contribution in [3.05, 3.63) is 48.0 Å². The molecule has 0 saturated heterocycles. The monoisotopic (exact) mass is 275 g/mol. The molecule has 1 amide bonds. The van der Waals surface area contributed by atoms with E-state index >= 15 is 0 Å². The van der Waals surface area contributed by atoms with Crippen molar-refractivity contribution in [2.45, 2.75) is 32.7 Å². The molecule has 0 bridgehead atoms. The first-order chi connectivity index (χ1) is 9.45. The molecule has 1 N–H and O–H groups in total. The van der Waals surface area contributed by atoms with Crippen molar-refractivity contribution < 1.29 is 14.7 Å². The summed E-state index contributed by atoms with van der Waals surface area (Å²) in [7, 11) is 0. The maximum atomic E-state index is 11.6. The second-order valence-electron chi connectivity index (χ2n) is 4.84. The molecule has 1 aromatic rings. The summed E-state index contributed by atoms with van der Waals surface area (Å²) in [5.41, 5.74) is 2.24. The Kier molecular flexibility index (Phi) is 5.97. The van der Waals surface area contributed by atoms with Crippen molar-refractivity contribution in [1.29, 1.82) is 0 Å². The van der Waals surface area contributed by atoms with Crippen molar-refractivity contribution in [2.24, 2.45) is 0 Å². The zero-order valence-electron chi connectivity index (χ0n) is 12.0. The van der Waals surface area contributed by atoms with Crippen LogP contribution >= 0.6 is 0 Å². The second-order valence-corrected chi connectivity index (χ2v) is 4.84. The van der Waals surface area contributed by atoms with Crippen LogP contribution in [0.2, 0.25) is 0 Å². The van der Waals surface area contributed by atoms with E-state index in [4.69, 9.17) is 0 Å². The van der Waals surface area contributed by atoms with Crippen molar-refractivity contribution in [1.82, 2.24) is 4.90 Å². The van der Waals surface area contributed by atoms with Crippen LogP contribution in [0.25, 0.3) is 0 Å². The molecule has 108 valence electrons. The molecular weight excluding hydrogens is 254 g/mol. The Labute approximate surface area is 119 Å². The number of aliphatic carboxylic acids is 1. The summed E-state index contributed by atoms with van der Waals surface area (Å²) >= 11 is 0. The predicted molar refractivity (Wildman–Crippen MR) is 78.5 cm³/mol. The summed E-state index contributed by atoms with van der Waals surface area (Å²) in [6.45, 7) is 7.20. The van der Waals surface area contributed by atoms with Crippen LogP contribution in [0, 0.1) is 6.92 Å². The van der Waals surface area contributed by atoms with Crippen LogP contribution in [0.5, 0.6) is 0 Å². The van der Waals surface area contributed by atoms with Gasteiger partial charge in [-0.3, -0.25) is 4.79 Å². The molecule has 0 aromatic heterocycles. The van der Waals surface area contributed by atoms with Crippen LogP contribution in [0.15, 0.2) is 36.9 Å². The summed E-state index contributed by atoms with van der Waals surface area (Å²) < 4.78 is 0. The summed E-state index contributed by atoms with van der Waals surface area (Å²) in [4.78, 5) is 24.3. The van der Waals surface area contributed by atoms with Gasteiger partial charge < -0.3 is 10.0 Å². The Morgan fingerprint density at radius 2 is 1.95 bits per heavy atom. The summed E-state index contributed by atoms with van der Waals surface area (Å²) in [5.74, 6) is -1.23. The first-order valence-electron chi connectivity index (χ1n) is 6.62. The molecule has 1 aromatic carbocycles. The highest BCUT2D eigenvalue weighted by molar-refractivity contribution is 5.82. The van der Waals surface area contributed by atoms with Gasteiger partial charge in [-0.1, -0.05) is 35.9 Å². The van der Waals surface area contributed by atoms with Gasteiger partial charge in [0.2, 0.25) is 5.91 Å². The lowest BCUT2D eigenvalue weighted by atomic mass is 10.0. The number of carboxylic acid groups (broad SMARTS) is 1. The van der Waals surface area contributed by atoms with E-state index < -0.39 is 12.0 Å². The average molecular weight is 275 g/mol. The van der Waals surface area contributed by atoms with Crippen molar-refractivity contribution in [3.63, 3.8) is 0 Å². The number of amides is 1. The zero-order valence-corrected chi connectivity index (χ0v) is 12.0. The Hall–Kier alpha value is -2.10. The van der Waals surface area contributed by atoms with E-state index in [9.17, 15) is 14.7 Å². The number of carboxylic acids is 1. The van der Waals surface area contributed by atoms with Gasteiger partial charge in [0.1, 0.15) is 6.04 Å². The maximum Gasteiger partial charge on any atom is 0.326 e. The van der Waals surface area contributed by atoms with Gasteiger partial charge in [-0.2, -0.15) is 0 Å². The normalized spacial score (nSPS) is 11.7. The summed E-state index contributed by atoms with van der Waals surface area (Å²) in [6, 6.07) is 7.15. The summed E-state index contributed by atoms with van der Waals surface area (Å²) in [5, 5.41) is 9.31. The van der Waals surface area contributed by atoms with E-state index in [1.165, 1.54) is 17.4 Å².